The minimum Gasteiger partial charge on any atom is -0.507 e. The number of Topliss-reactive ketones (excluding diaryl/α,β-unsaturated/α-hetero) is 1. The number of ketones is 1. The maximum Gasteiger partial charge on any atom is 0.300 e. The molecule has 1 aliphatic rings. The summed E-state index contributed by atoms with van der Waals surface area (Å²) in [7, 11) is 0. The molecule has 3 aromatic carbocycles. The molecule has 0 saturated carbocycles. The summed E-state index contributed by atoms with van der Waals surface area (Å²) in [5.41, 5.74) is 3.79. The Kier molecular flexibility index (Phi) is 6.75. The summed E-state index contributed by atoms with van der Waals surface area (Å²) in [5, 5.41) is 11.6. The Balaban J connectivity index is 1.91. The van der Waals surface area contributed by atoms with E-state index in [1.165, 1.54) is 4.90 Å². The number of carbonyl (C=O) groups excluding carboxylic acids is 2. The molecule has 1 atom stereocenters. The van der Waals surface area contributed by atoms with Gasteiger partial charge in [-0.05, 0) is 68.3 Å². The lowest BCUT2D eigenvalue weighted by atomic mass is 9.94. The van der Waals surface area contributed by atoms with Crippen LogP contribution in [0.5, 0.6) is 0 Å². The van der Waals surface area contributed by atoms with E-state index in [9.17, 15) is 14.7 Å². The average molecular weight is 475 g/mol. The number of aliphatic hydroxyl groups is 1. The zero-order valence-corrected chi connectivity index (χ0v) is 20.2. The van der Waals surface area contributed by atoms with Crippen LogP contribution < -0.4 is 9.80 Å². The van der Waals surface area contributed by atoms with E-state index in [0.29, 0.717) is 16.3 Å². The van der Waals surface area contributed by atoms with Crippen molar-refractivity contribution < 1.29 is 14.7 Å². The molecule has 34 heavy (non-hydrogen) atoms. The molecule has 6 heteroatoms. The van der Waals surface area contributed by atoms with Gasteiger partial charge in [0.25, 0.3) is 11.7 Å². The van der Waals surface area contributed by atoms with Gasteiger partial charge in [-0.25, -0.2) is 0 Å². The Morgan fingerprint density at radius 2 is 1.65 bits per heavy atom. The van der Waals surface area contributed by atoms with Gasteiger partial charge in [0.1, 0.15) is 5.76 Å². The first kappa shape index (κ1) is 23.6. The smallest absolute Gasteiger partial charge is 0.300 e. The molecule has 1 saturated heterocycles. The number of benzene rings is 3. The van der Waals surface area contributed by atoms with Gasteiger partial charge in [-0.2, -0.15) is 0 Å². The maximum atomic E-state index is 13.3. The zero-order valence-electron chi connectivity index (χ0n) is 19.5. The largest absolute Gasteiger partial charge is 0.507 e. The number of anilines is 2. The molecule has 0 aliphatic carbocycles. The number of nitrogens with zero attached hydrogens (tertiary/aromatic N) is 2. The highest BCUT2D eigenvalue weighted by atomic mass is 35.5. The van der Waals surface area contributed by atoms with Crippen molar-refractivity contribution in [3.8, 4) is 0 Å². The lowest BCUT2D eigenvalue weighted by Gasteiger charge is -2.27. The number of amides is 1. The molecule has 1 aliphatic heterocycles. The van der Waals surface area contributed by atoms with Crippen LogP contribution in [0, 0.1) is 6.92 Å². The van der Waals surface area contributed by atoms with Crippen molar-refractivity contribution >= 4 is 40.4 Å². The third-order valence-corrected chi connectivity index (χ3v) is 6.39. The standard InChI is InChI=1S/C28H27ClN2O3/c1-4-30(5-2)22-14-12-19(13-15-22)25-24(26(32)20-9-7-10-21(29)17-20)27(33)28(34)31(25)23-11-6-8-18(3)16-23/h6-17,25,32H,4-5H2,1-3H3/b26-24+. The molecule has 0 bridgehead atoms. The Bertz CT molecular complexity index is 1260. The van der Waals surface area contributed by atoms with Crippen LogP contribution >= 0.6 is 11.6 Å². The number of hydrogen-bond donors (Lipinski definition) is 1. The number of hydrogen-bond acceptors (Lipinski definition) is 4. The normalized spacial score (nSPS) is 17.3. The lowest BCUT2D eigenvalue weighted by molar-refractivity contribution is -0.132. The first-order valence-electron chi connectivity index (χ1n) is 11.3. The van der Waals surface area contributed by atoms with Crippen LogP contribution in [0.3, 0.4) is 0 Å². The van der Waals surface area contributed by atoms with Crippen LogP contribution in [0.25, 0.3) is 5.76 Å². The third kappa shape index (κ3) is 4.31. The Morgan fingerprint density at radius 1 is 0.971 bits per heavy atom. The van der Waals surface area contributed by atoms with E-state index in [2.05, 4.69) is 18.7 Å². The van der Waals surface area contributed by atoms with Gasteiger partial charge in [0, 0.05) is 35.1 Å². The fourth-order valence-electron chi connectivity index (χ4n) is 4.44. The van der Waals surface area contributed by atoms with Crippen LogP contribution in [0.4, 0.5) is 11.4 Å². The summed E-state index contributed by atoms with van der Waals surface area (Å²) >= 11 is 6.13. The second-order valence-electron chi connectivity index (χ2n) is 8.28. The van der Waals surface area contributed by atoms with E-state index in [1.807, 2.05) is 49.4 Å². The second kappa shape index (κ2) is 9.74. The summed E-state index contributed by atoms with van der Waals surface area (Å²) < 4.78 is 0. The van der Waals surface area contributed by atoms with Crippen LogP contribution in [-0.2, 0) is 9.59 Å². The average Bonchev–Trinajstić information content (AvgIpc) is 3.10. The summed E-state index contributed by atoms with van der Waals surface area (Å²) in [5.74, 6) is -1.64. The van der Waals surface area contributed by atoms with Gasteiger partial charge in [0.2, 0.25) is 0 Å². The number of halogens is 1. The van der Waals surface area contributed by atoms with Gasteiger partial charge in [-0.15, -0.1) is 0 Å². The highest BCUT2D eigenvalue weighted by Crippen LogP contribution is 2.42. The van der Waals surface area contributed by atoms with Gasteiger partial charge in [-0.3, -0.25) is 14.5 Å². The van der Waals surface area contributed by atoms with Crippen LogP contribution in [-0.4, -0.2) is 29.9 Å². The minimum absolute atomic E-state index is 0.0457. The molecule has 5 nitrogen and oxygen atoms in total. The van der Waals surface area contributed by atoms with Crippen molar-refractivity contribution in [3.05, 3.63) is 100 Å². The van der Waals surface area contributed by atoms with Crippen molar-refractivity contribution in [1.82, 2.24) is 0 Å². The molecule has 1 N–H and O–H groups in total. The molecule has 0 radical (unpaired) electrons. The number of rotatable bonds is 6. The fourth-order valence-corrected chi connectivity index (χ4v) is 4.63. The third-order valence-electron chi connectivity index (χ3n) is 6.16. The molecule has 3 aromatic rings. The molecular weight excluding hydrogens is 448 g/mol. The minimum atomic E-state index is -0.772. The van der Waals surface area contributed by atoms with Gasteiger partial charge in [0.05, 0.1) is 11.6 Å². The monoisotopic (exact) mass is 474 g/mol. The summed E-state index contributed by atoms with van der Waals surface area (Å²) in [6, 6.07) is 21.1. The molecule has 174 valence electrons. The van der Waals surface area contributed by atoms with Gasteiger partial charge >= 0.3 is 0 Å². The zero-order chi connectivity index (χ0) is 24.4. The summed E-state index contributed by atoms with van der Waals surface area (Å²) in [6.45, 7) is 7.85. The molecule has 0 aromatic heterocycles. The second-order valence-corrected chi connectivity index (χ2v) is 8.72. The van der Waals surface area contributed by atoms with E-state index < -0.39 is 17.7 Å². The van der Waals surface area contributed by atoms with E-state index in [4.69, 9.17) is 11.6 Å². The molecule has 0 spiro atoms. The summed E-state index contributed by atoms with van der Waals surface area (Å²) in [4.78, 5) is 30.2. The molecule has 4 rings (SSSR count). The fraction of sp³-hybridized carbons (Fsp3) is 0.214. The molecule has 1 fully saturated rings. The lowest BCUT2D eigenvalue weighted by Crippen LogP contribution is -2.29. The molecule has 1 unspecified atom stereocenters. The molecule has 1 heterocycles. The number of aliphatic hydroxyl groups excluding tert-OH is 1. The molecular formula is C28H27ClN2O3. The van der Waals surface area contributed by atoms with Crippen LogP contribution in [0.2, 0.25) is 5.02 Å². The highest BCUT2D eigenvalue weighted by Gasteiger charge is 2.47. The maximum absolute atomic E-state index is 13.3. The predicted molar refractivity (Wildman–Crippen MR) is 137 cm³/mol. The topological polar surface area (TPSA) is 60.9 Å². The quantitative estimate of drug-likeness (QED) is 0.265. The predicted octanol–water partition coefficient (Wildman–Crippen LogP) is 6.12. The first-order chi connectivity index (χ1) is 16.3. The SMILES string of the molecule is CCN(CC)c1ccc(C2/C(=C(\O)c3cccc(Cl)c3)C(=O)C(=O)N2c2cccc(C)c2)cc1. The Labute approximate surface area is 204 Å². The van der Waals surface area contributed by atoms with E-state index >= 15 is 0 Å². The summed E-state index contributed by atoms with van der Waals surface area (Å²) in [6.07, 6.45) is 0. The number of carbonyl (C=O) groups is 2. The van der Waals surface area contributed by atoms with Gasteiger partial charge < -0.3 is 10.0 Å². The van der Waals surface area contributed by atoms with Crippen LogP contribution in [0.1, 0.15) is 36.6 Å². The van der Waals surface area contributed by atoms with Crippen molar-refractivity contribution in [2.75, 3.05) is 22.9 Å². The van der Waals surface area contributed by atoms with E-state index in [-0.39, 0.29) is 11.3 Å². The van der Waals surface area contributed by atoms with Crippen molar-refractivity contribution in [3.63, 3.8) is 0 Å². The van der Waals surface area contributed by atoms with Gasteiger partial charge in [0.15, 0.2) is 0 Å². The van der Waals surface area contributed by atoms with E-state index in [0.717, 1.165) is 29.9 Å². The van der Waals surface area contributed by atoms with Gasteiger partial charge in [-0.1, -0.05) is 48.0 Å². The van der Waals surface area contributed by atoms with Crippen molar-refractivity contribution in [2.24, 2.45) is 0 Å². The Hall–Kier alpha value is -3.57. The van der Waals surface area contributed by atoms with Crippen molar-refractivity contribution in [2.45, 2.75) is 26.8 Å². The highest BCUT2D eigenvalue weighted by molar-refractivity contribution is 6.51. The van der Waals surface area contributed by atoms with E-state index in [1.54, 1.807) is 30.3 Å². The van der Waals surface area contributed by atoms with Crippen LogP contribution in [0.15, 0.2) is 78.4 Å². The molecule has 1 amide bonds. The van der Waals surface area contributed by atoms with Crippen molar-refractivity contribution in [1.29, 1.82) is 0 Å². The first-order valence-corrected chi connectivity index (χ1v) is 11.7. The number of aryl methyl sites for hydroxylation is 1. The Morgan fingerprint density at radius 3 is 2.26 bits per heavy atom.